The lowest BCUT2D eigenvalue weighted by molar-refractivity contribution is 0.0356. The largest absolute Gasteiger partial charge is 0.497 e. The van der Waals surface area contributed by atoms with Crippen molar-refractivity contribution in [2.75, 3.05) is 59.8 Å². The van der Waals surface area contributed by atoms with Crippen LogP contribution in [-0.4, -0.2) is 103 Å². The number of nitrogens with one attached hydrogen (secondary N) is 1. The second-order valence-electron chi connectivity index (χ2n) is 9.78. The highest BCUT2D eigenvalue weighted by Gasteiger charge is 2.34. The number of anilines is 1. The summed E-state index contributed by atoms with van der Waals surface area (Å²) < 4.78 is 11.4. The van der Waals surface area contributed by atoms with Crippen LogP contribution in [0.15, 0.2) is 36.5 Å². The lowest BCUT2D eigenvalue weighted by Crippen LogP contribution is -2.50. The van der Waals surface area contributed by atoms with Gasteiger partial charge in [-0.05, 0) is 51.4 Å². The van der Waals surface area contributed by atoms with Crippen LogP contribution in [0.5, 0.6) is 11.6 Å². The van der Waals surface area contributed by atoms with Crippen LogP contribution in [-0.2, 0) is 0 Å². The Morgan fingerprint density at radius 3 is 2.66 bits per heavy atom. The summed E-state index contributed by atoms with van der Waals surface area (Å²) in [5, 5.41) is 12.7. The number of fused-ring (bicyclic) bond motifs is 1. The third-order valence-corrected chi connectivity index (χ3v) is 6.29. The minimum Gasteiger partial charge on any atom is -0.497 e. The monoisotopic (exact) mass is 523 g/mol. The van der Waals surface area contributed by atoms with E-state index in [1.54, 1.807) is 62.5 Å². The molecule has 1 aromatic carbocycles. The molecule has 3 amide bonds. The van der Waals surface area contributed by atoms with Gasteiger partial charge in [-0.15, -0.1) is 0 Å². The van der Waals surface area contributed by atoms with Crippen LogP contribution in [0.2, 0.25) is 0 Å². The first kappa shape index (κ1) is 28.8. The van der Waals surface area contributed by atoms with Crippen molar-refractivity contribution in [1.29, 1.82) is 0 Å². The fourth-order valence-corrected chi connectivity index (χ4v) is 3.93. The second-order valence-corrected chi connectivity index (χ2v) is 9.78. The van der Waals surface area contributed by atoms with Gasteiger partial charge in [-0.1, -0.05) is 18.8 Å². The predicted molar refractivity (Wildman–Crippen MR) is 145 cm³/mol. The number of methoxy groups -OCH3 is 1. The number of aliphatic hydroxyl groups excluding tert-OH is 1. The number of amides is 3. The van der Waals surface area contributed by atoms with Crippen molar-refractivity contribution in [3.05, 3.63) is 47.7 Å². The van der Waals surface area contributed by atoms with Gasteiger partial charge in [0.25, 0.3) is 5.91 Å². The maximum Gasteiger partial charge on any atom is 0.321 e. The van der Waals surface area contributed by atoms with Gasteiger partial charge in [-0.3, -0.25) is 9.69 Å². The predicted octanol–water partition coefficient (Wildman–Crippen LogP) is 2.39. The standard InChI is InChI=1S/C28H37N5O5/c1-19-16-33(20(2)18-34)27(35)24-14-21(8-7-13-31(3)4)15-29-26(24)38-25(19)17-32(5)28(36)30-22-9-11-23(37-6)12-10-22/h9-12,14-15,19-20,25,34H,13,16-18H2,1-6H3,(H,30,36)/t19-,20+,25-/m1/s1. The highest BCUT2D eigenvalue weighted by atomic mass is 16.5. The van der Waals surface area contributed by atoms with Crippen molar-refractivity contribution in [1.82, 2.24) is 19.7 Å². The van der Waals surface area contributed by atoms with Crippen molar-refractivity contribution in [2.45, 2.75) is 26.0 Å². The van der Waals surface area contributed by atoms with E-state index in [2.05, 4.69) is 22.1 Å². The number of likely N-dealkylation sites (N-methyl/N-ethyl adjacent to an activating group) is 1. The third-order valence-electron chi connectivity index (χ3n) is 6.29. The number of rotatable bonds is 7. The molecule has 204 valence electrons. The van der Waals surface area contributed by atoms with Crippen LogP contribution >= 0.6 is 0 Å². The van der Waals surface area contributed by atoms with Crippen LogP contribution in [0.25, 0.3) is 0 Å². The number of ether oxygens (including phenoxy) is 2. The molecule has 0 radical (unpaired) electrons. The molecule has 1 aromatic heterocycles. The van der Waals surface area contributed by atoms with Gasteiger partial charge in [-0.2, -0.15) is 0 Å². The van der Waals surface area contributed by atoms with Gasteiger partial charge in [-0.25, -0.2) is 9.78 Å². The summed E-state index contributed by atoms with van der Waals surface area (Å²) in [5.41, 5.74) is 1.52. The van der Waals surface area contributed by atoms with E-state index in [-0.39, 0.29) is 42.5 Å². The van der Waals surface area contributed by atoms with Crippen LogP contribution in [0.3, 0.4) is 0 Å². The summed E-state index contributed by atoms with van der Waals surface area (Å²) >= 11 is 0. The molecule has 0 aliphatic carbocycles. The first-order chi connectivity index (χ1) is 18.1. The van der Waals surface area contributed by atoms with Crippen molar-refractivity contribution in [3.63, 3.8) is 0 Å². The van der Waals surface area contributed by atoms with E-state index in [0.29, 0.717) is 30.1 Å². The van der Waals surface area contributed by atoms with Crippen LogP contribution in [0, 0.1) is 17.8 Å². The highest BCUT2D eigenvalue weighted by molar-refractivity contribution is 5.97. The lowest BCUT2D eigenvalue weighted by atomic mass is 10.00. The number of aromatic nitrogens is 1. The van der Waals surface area contributed by atoms with Crippen molar-refractivity contribution in [2.24, 2.45) is 5.92 Å². The highest BCUT2D eigenvalue weighted by Crippen LogP contribution is 2.27. The first-order valence-electron chi connectivity index (χ1n) is 12.5. The summed E-state index contributed by atoms with van der Waals surface area (Å²) in [6.45, 7) is 4.74. The molecule has 0 unspecified atom stereocenters. The lowest BCUT2D eigenvalue weighted by Gasteiger charge is -2.37. The number of hydrogen-bond acceptors (Lipinski definition) is 7. The van der Waals surface area contributed by atoms with E-state index < -0.39 is 12.1 Å². The SMILES string of the molecule is COc1ccc(NC(=O)N(C)C[C@H]2Oc3ncc(C#CCN(C)C)cc3C(=O)N([C@@H](C)CO)C[C@H]2C)cc1. The van der Waals surface area contributed by atoms with Gasteiger partial charge in [0.05, 0.1) is 32.8 Å². The minimum absolute atomic E-state index is 0.154. The Kier molecular flexibility index (Phi) is 9.93. The number of pyridine rings is 1. The average Bonchev–Trinajstić information content (AvgIpc) is 2.90. The molecular weight excluding hydrogens is 486 g/mol. The van der Waals surface area contributed by atoms with E-state index in [4.69, 9.17) is 9.47 Å². The number of aliphatic hydroxyl groups is 1. The van der Waals surface area contributed by atoms with Gasteiger partial charge in [0.15, 0.2) is 0 Å². The second kappa shape index (κ2) is 13.1. The van der Waals surface area contributed by atoms with Gasteiger partial charge < -0.3 is 29.7 Å². The Hall–Kier alpha value is -3.81. The Bertz CT molecular complexity index is 1170. The summed E-state index contributed by atoms with van der Waals surface area (Å²) in [6, 6.07) is 8.03. The summed E-state index contributed by atoms with van der Waals surface area (Å²) in [6.07, 6.45) is 1.12. The number of nitrogens with zero attached hydrogens (tertiary/aromatic N) is 4. The summed E-state index contributed by atoms with van der Waals surface area (Å²) in [4.78, 5) is 36.0. The molecule has 0 saturated carbocycles. The summed E-state index contributed by atoms with van der Waals surface area (Å²) in [7, 11) is 7.12. The maximum atomic E-state index is 13.5. The van der Waals surface area contributed by atoms with Crippen molar-refractivity contribution >= 4 is 17.6 Å². The normalized spacial score (nSPS) is 17.8. The van der Waals surface area contributed by atoms with Crippen LogP contribution in [0.4, 0.5) is 10.5 Å². The molecule has 3 rings (SSSR count). The third kappa shape index (κ3) is 7.37. The maximum absolute atomic E-state index is 13.5. The molecule has 0 bridgehead atoms. The topological polar surface area (TPSA) is 107 Å². The van der Waals surface area contributed by atoms with E-state index >= 15 is 0 Å². The van der Waals surface area contributed by atoms with E-state index in [0.717, 1.165) is 0 Å². The quantitative estimate of drug-likeness (QED) is 0.537. The van der Waals surface area contributed by atoms with E-state index in [1.165, 1.54) is 4.90 Å². The van der Waals surface area contributed by atoms with Crippen LogP contribution in [0.1, 0.15) is 29.8 Å². The first-order valence-corrected chi connectivity index (χ1v) is 12.5. The van der Waals surface area contributed by atoms with Gasteiger partial charge in [0, 0.05) is 37.0 Å². The Morgan fingerprint density at radius 2 is 2.03 bits per heavy atom. The van der Waals surface area contributed by atoms with Gasteiger partial charge >= 0.3 is 6.03 Å². The molecule has 10 nitrogen and oxygen atoms in total. The number of benzene rings is 1. The number of hydrogen-bond donors (Lipinski definition) is 2. The number of carbonyl (C=O) groups is 2. The molecule has 2 aromatic rings. The number of urea groups is 1. The zero-order valence-electron chi connectivity index (χ0n) is 22.9. The molecule has 1 aliphatic heterocycles. The fraction of sp³-hybridized carbons (Fsp3) is 0.464. The molecule has 0 fully saturated rings. The van der Waals surface area contributed by atoms with Crippen molar-refractivity contribution in [3.8, 4) is 23.5 Å². The molecule has 10 heteroatoms. The number of carbonyl (C=O) groups excluding carboxylic acids is 2. The van der Waals surface area contributed by atoms with Crippen molar-refractivity contribution < 1.29 is 24.2 Å². The molecular formula is C28H37N5O5. The molecule has 2 N–H and O–H groups in total. The van der Waals surface area contributed by atoms with Gasteiger partial charge in [0.2, 0.25) is 5.88 Å². The summed E-state index contributed by atoms with van der Waals surface area (Å²) in [5.74, 6) is 6.54. The smallest absolute Gasteiger partial charge is 0.321 e. The Morgan fingerprint density at radius 1 is 1.32 bits per heavy atom. The minimum atomic E-state index is -0.458. The Labute approximate surface area is 224 Å². The molecule has 1 aliphatic rings. The molecule has 0 spiro atoms. The molecule has 3 atom stereocenters. The van der Waals surface area contributed by atoms with Gasteiger partial charge in [0.1, 0.15) is 17.4 Å². The van der Waals surface area contributed by atoms with Crippen LogP contribution < -0.4 is 14.8 Å². The molecule has 2 heterocycles. The molecule has 0 saturated heterocycles. The average molecular weight is 524 g/mol. The van der Waals surface area contributed by atoms with E-state index in [1.807, 2.05) is 25.9 Å². The zero-order valence-corrected chi connectivity index (χ0v) is 22.9. The Balaban J connectivity index is 1.84. The van der Waals surface area contributed by atoms with E-state index in [9.17, 15) is 14.7 Å². The molecule has 38 heavy (non-hydrogen) atoms. The zero-order chi connectivity index (χ0) is 27.8. The fourth-order valence-electron chi connectivity index (χ4n) is 3.93.